The number of rotatable bonds is 4. The Labute approximate surface area is 125 Å². The van der Waals surface area contributed by atoms with Gasteiger partial charge in [0.25, 0.3) is 0 Å². The highest BCUT2D eigenvalue weighted by molar-refractivity contribution is 5.50. The zero-order chi connectivity index (χ0) is 14.7. The van der Waals surface area contributed by atoms with Gasteiger partial charge in [0, 0.05) is 57.2 Å². The molecule has 2 aromatic rings. The molecule has 0 amide bonds. The monoisotopic (exact) mass is 286 g/mol. The zero-order valence-corrected chi connectivity index (χ0v) is 12.4. The second-order valence-corrected chi connectivity index (χ2v) is 5.45. The summed E-state index contributed by atoms with van der Waals surface area (Å²) in [5.74, 6) is 0.333. The highest BCUT2D eigenvalue weighted by Crippen LogP contribution is 2.21. The normalized spacial score (nSPS) is 16.3. The van der Waals surface area contributed by atoms with Gasteiger partial charge in [-0.05, 0) is 25.1 Å². The van der Waals surface area contributed by atoms with Gasteiger partial charge in [0.15, 0.2) is 0 Å². The van der Waals surface area contributed by atoms with Crippen LogP contribution in [0.25, 0.3) is 0 Å². The number of piperazine rings is 1. The van der Waals surface area contributed by atoms with E-state index in [2.05, 4.69) is 34.0 Å². The maximum atomic E-state index is 9.57. The second-order valence-electron chi connectivity index (χ2n) is 5.45. The molecule has 5 heteroatoms. The fourth-order valence-electron chi connectivity index (χ4n) is 2.75. The molecule has 2 heterocycles. The summed E-state index contributed by atoms with van der Waals surface area (Å²) in [6, 6.07) is 9.60. The number of benzene rings is 1. The maximum absolute atomic E-state index is 9.57. The van der Waals surface area contributed by atoms with Crippen LogP contribution in [0.15, 0.2) is 36.5 Å². The quantitative estimate of drug-likeness (QED) is 0.933. The first-order valence-electron chi connectivity index (χ1n) is 7.53. The van der Waals surface area contributed by atoms with Crippen molar-refractivity contribution in [1.29, 1.82) is 0 Å². The predicted molar refractivity (Wildman–Crippen MR) is 83.5 cm³/mol. The number of phenols is 1. The number of phenolic OH excluding ortho intramolecular Hbond substituents is 1. The fourth-order valence-corrected chi connectivity index (χ4v) is 2.75. The van der Waals surface area contributed by atoms with Gasteiger partial charge >= 0.3 is 0 Å². The van der Waals surface area contributed by atoms with Crippen molar-refractivity contribution < 1.29 is 5.11 Å². The number of aromatic nitrogens is 2. The van der Waals surface area contributed by atoms with Gasteiger partial charge in [-0.15, -0.1) is 0 Å². The Morgan fingerprint density at radius 2 is 1.95 bits per heavy atom. The summed E-state index contributed by atoms with van der Waals surface area (Å²) in [6.45, 7) is 7.95. The van der Waals surface area contributed by atoms with Crippen molar-refractivity contribution in [3.8, 4) is 5.75 Å². The third-order valence-corrected chi connectivity index (χ3v) is 3.97. The lowest BCUT2D eigenvalue weighted by Gasteiger charge is -2.35. The summed E-state index contributed by atoms with van der Waals surface area (Å²) in [6.07, 6.45) is 2.04. The molecule has 112 valence electrons. The SMILES string of the molecule is CCn1ccc(CN2CCN(c3cccc(O)c3)CC2)n1. The van der Waals surface area contributed by atoms with Crippen LogP contribution in [0.5, 0.6) is 5.75 Å². The van der Waals surface area contributed by atoms with Gasteiger partial charge in [-0.2, -0.15) is 5.10 Å². The Hall–Kier alpha value is -2.01. The van der Waals surface area contributed by atoms with E-state index >= 15 is 0 Å². The summed E-state index contributed by atoms with van der Waals surface area (Å²) < 4.78 is 1.97. The maximum Gasteiger partial charge on any atom is 0.117 e. The number of hydrogen-bond donors (Lipinski definition) is 1. The van der Waals surface area contributed by atoms with Crippen LogP contribution in [-0.2, 0) is 13.1 Å². The fraction of sp³-hybridized carbons (Fsp3) is 0.438. The van der Waals surface area contributed by atoms with Gasteiger partial charge in [0.1, 0.15) is 5.75 Å². The summed E-state index contributed by atoms with van der Waals surface area (Å²) >= 11 is 0. The molecule has 5 nitrogen and oxygen atoms in total. The lowest BCUT2D eigenvalue weighted by molar-refractivity contribution is 0.246. The van der Waals surface area contributed by atoms with Crippen molar-refractivity contribution in [3.63, 3.8) is 0 Å². The first-order chi connectivity index (χ1) is 10.2. The molecule has 1 aromatic carbocycles. The molecule has 0 spiro atoms. The number of anilines is 1. The molecule has 3 rings (SSSR count). The van der Waals surface area contributed by atoms with Crippen molar-refractivity contribution >= 4 is 5.69 Å². The Morgan fingerprint density at radius 3 is 2.62 bits per heavy atom. The van der Waals surface area contributed by atoms with Crippen LogP contribution in [0.4, 0.5) is 5.69 Å². The third kappa shape index (κ3) is 3.36. The van der Waals surface area contributed by atoms with Crippen molar-refractivity contribution in [3.05, 3.63) is 42.2 Å². The number of aryl methyl sites for hydroxylation is 1. The van der Waals surface area contributed by atoms with Gasteiger partial charge in [-0.25, -0.2) is 0 Å². The lowest BCUT2D eigenvalue weighted by atomic mass is 10.2. The standard InChI is InChI=1S/C16H22N4O/c1-2-20-7-6-14(17-20)13-18-8-10-19(11-9-18)15-4-3-5-16(21)12-15/h3-7,12,21H,2,8-11,13H2,1H3. The molecule has 1 aromatic heterocycles. The van der Waals surface area contributed by atoms with Crippen molar-refractivity contribution in [2.24, 2.45) is 0 Å². The molecule has 1 fully saturated rings. The highest BCUT2D eigenvalue weighted by atomic mass is 16.3. The lowest BCUT2D eigenvalue weighted by Crippen LogP contribution is -2.46. The molecular formula is C16H22N4O. The second kappa shape index (κ2) is 6.18. The van der Waals surface area contributed by atoms with E-state index in [0.29, 0.717) is 5.75 Å². The molecule has 21 heavy (non-hydrogen) atoms. The summed E-state index contributed by atoms with van der Waals surface area (Å²) in [7, 11) is 0. The molecular weight excluding hydrogens is 264 g/mol. The number of nitrogens with zero attached hydrogens (tertiary/aromatic N) is 4. The third-order valence-electron chi connectivity index (χ3n) is 3.97. The molecule has 0 bridgehead atoms. The molecule has 1 aliphatic heterocycles. The highest BCUT2D eigenvalue weighted by Gasteiger charge is 2.18. The van der Waals surface area contributed by atoms with E-state index in [4.69, 9.17) is 0 Å². The van der Waals surface area contributed by atoms with Crippen LogP contribution in [0.1, 0.15) is 12.6 Å². The van der Waals surface area contributed by atoms with Crippen molar-refractivity contribution in [2.75, 3.05) is 31.1 Å². The van der Waals surface area contributed by atoms with Gasteiger partial charge in [0.05, 0.1) is 5.69 Å². The average Bonchev–Trinajstić information content (AvgIpc) is 2.96. The van der Waals surface area contributed by atoms with Gasteiger partial charge in [-0.3, -0.25) is 9.58 Å². The Morgan fingerprint density at radius 1 is 1.14 bits per heavy atom. The minimum absolute atomic E-state index is 0.333. The Balaban J connectivity index is 1.55. The van der Waals surface area contributed by atoms with Gasteiger partial charge in [0.2, 0.25) is 0 Å². The summed E-state index contributed by atoms with van der Waals surface area (Å²) in [5.41, 5.74) is 2.24. The molecule has 0 unspecified atom stereocenters. The minimum Gasteiger partial charge on any atom is -0.508 e. The van der Waals surface area contributed by atoms with Crippen molar-refractivity contribution in [2.45, 2.75) is 20.0 Å². The van der Waals surface area contributed by atoms with Crippen molar-refractivity contribution in [1.82, 2.24) is 14.7 Å². The Bertz CT molecular complexity index is 587. The zero-order valence-electron chi connectivity index (χ0n) is 12.4. The van der Waals surface area contributed by atoms with Crippen LogP contribution >= 0.6 is 0 Å². The molecule has 1 N–H and O–H groups in total. The van der Waals surface area contributed by atoms with Crippen LogP contribution in [0.2, 0.25) is 0 Å². The van der Waals surface area contributed by atoms with Crippen LogP contribution in [0.3, 0.4) is 0 Å². The topological polar surface area (TPSA) is 44.5 Å². The average molecular weight is 286 g/mol. The largest absolute Gasteiger partial charge is 0.508 e. The van der Waals surface area contributed by atoms with E-state index in [0.717, 1.165) is 50.6 Å². The molecule has 0 saturated carbocycles. The van der Waals surface area contributed by atoms with E-state index in [1.165, 1.54) is 0 Å². The van der Waals surface area contributed by atoms with E-state index in [-0.39, 0.29) is 0 Å². The van der Waals surface area contributed by atoms with E-state index < -0.39 is 0 Å². The van der Waals surface area contributed by atoms with E-state index in [1.807, 2.05) is 23.0 Å². The molecule has 1 aliphatic rings. The Kier molecular flexibility index (Phi) is 4.10. The van der Waals surface area contributed by atoms with Crippen LogP contribution in [0, 0.1) is 0 Å². The van der Waals surface area contributed by atoms with E-state index in [9.17, 15) is 5.11 Å². The minimum atomic E-state index is 0.333. The smallest absolute Gasteiger partial charge is 0.117 e. The summed E-state index contributed by atoms with van der Waals surface area (Å²) in [5, 5.41) is 14.1. The van der Waals surface area contributed by atoms with E-state index in [1.54, 1.807) is 6.07 Å². The molecule has 1 saturated heterocycles. The first kappa shape index (κ1) is 13.9. The van der Waals surface area contributed by atoms with Crippen LogP contribution < -0.4 is 4.90 Å². The molecule has 0 atom stereocenters. The number of aromatic hydroxyl groups is 1. The first-order valence-corrected chi connectivity index (χ1v) is 7.53. The summed E-state index contributed by atoms with van der Waals surface area (Å²) in [4.78, 5) is 4.75. The van der Waals surface area contributed by atoms with Gasteiger partial charge in [-0.1, -0.05) is 6.07 Å². The molecule has 0 aliphatic carbocycles. The predicted octanol–water partition coefficient (Wildman–Crippen LogP) is 1.93. The van der Waals surface area contributed by atoms with Crippen LogP contribution in [-0.4, -0.2) is 46.0 Å². The molecule has 0 radical (unpaired) electrons. The number of hydrogen-bond acceptors (Lipinski definition) is 4. The van der Waals surface area contributed by atoms with Gasteiger partial charge < -0.3 is 10.0 Å².